The summed E-state index contributed by atoms with van der Waals surface area (Å²) in [6.45, 7) is 0. The lowest BCUT2D eigenvalue weighted by Gasteiger charge is -2.20. The van der Waals surface area contributed by atoms with Gasteiger partial charge in [-0.25, -0.2) is 9.97 Å². The highest BCUT2D eigenvalue weighted by atomic mass is 14.8. The Labute approximate surface area is 79.4 Å². The lowest BCUT2D eigenvalue weighted by molar-refractivity contribution is 0.354. The molecule has 1 aromatic rings. The van der Waals surface area contributed by atoms with E-state index in [0.717, 1.165) is 12.3 Å². The molecular formula is C11H16N2. The quantitative estimate of drug-likeness (QED) is 0.692. The summed E-state index contributed by atoms with van der Waals surface area (Å²) in [5.41, 5.74) is 1.21. The van der Waals surface area contributed by atoms with Gasteiger partial charge in [-0.1, -0.05) is 32.1 Å². The molecule has 70 valence electrons. The zero-order valence-corrected chi connectivity index (χ0v) is 7.95. The van der Waals surface area contributed by atoms with Gasteiger partial charge in [-0.3, -0.25) is 0 Å². The Morgan fingerprint density at radius 2 is 2.08 bits per heavy atom. The lowest BCUT2D eigenvalue weighted by Crippen LogP contribution is -2.10. The molecule has 0 radical (unpaired) electrons. The highest BCUT2D eigenvalue weighted by molar-refractivity contribution is 4.99. The summed E-state index contributed by atoms with van der Waals surface area (Å²) < 4.78 is 0. The van der Waals surface area contributed by atoms with Gasteiger partial charge in [0.2, 0.25) is 0 Å². The molecule has 0 amide bonds. The minimum atomic E-state index is 0.878. The largest absolute Gasteiger partial charge is 0.245 e. The number of hydrogen-bond donors (Lipinski definition) is 0. The Kier molecular flexibility index (Phi) is 2.90. The van der Waals surface area contributed by atoms with E-state index in [2.05, 4.69) is 9.97 Å². The zero-order chi connectivity index (χ0) is 8.93. The van der Waals surface area contributed by atoms with Crippen molar-refractivity contribution in [3.05, 3.63) is 24.3 Å². The highest BCUT2D eigenvalue weighted by Crippen LogP contribution is 2.25. The fourth-order valence-electron chi connectivity index (χ4n) is 2.13. The molecule has 0 N–H and O–H groups in total. The monoisotopic (exact) mass is 176 g/mol. The van der Waals surface area contributed by atoms with E-state index < -0.39 is 0 Å². The van der Waals surface area contributed by atoms with Crippen LogP contribution in [0.1, 0.15) is 37.8 Å². The molecule has 1 aliphatic carbocycles. The van der Waals surface area contributed by atoms with Crippen molar-refractivity contribution in [2.24, 2.45) is 5.92 Å². The molecule has 1 aromatic heterocycles. The molecule has 1 saturated carbocycles. The third-order valence-corrected chi connectivity index (χ3v) is 2.87. The summed E-state index contributed by atoms with van der Waals surface area (Å²) in [6, 6.07) is 2.04. The third kappa shape index (κ3) is 2.51. The van der Waals surface area contributed by atoms with Gasteiger partial charge in [0, 0.05) is 11.9 Å². The Balaban J connectivity index is 1.90. The molecule has 0 unspecified atom stereocenters. The number of rotatable bonds is 2. The third-order valence-electron chi connectivity index (χ3n) is 2.87. The molecule has 0 atom stereocenters. The molecule has 0 aliphatic heterocycles. The summed E-state index contributed by atoms with van der Waals surface area (Å²) in [7, 11) is 0. The zero-order valence-electron chi connectivity index (χ0n) is 7.95. The van der Waals surface area contributed by atoms with Crippen LogP contribution in [0.4, 0.5) is 0 Å². The fraction of sp³-hybridized carbons (Fsp3) is 0.636. The van der Waals surface area contributed by atoms with Gasteiger partial charge in [0.25, 0.3) is 0 Å². The van der Waals surface area contributed by atoms with Crippen LogP contribution in [0, 0.1) is 5.92 Å². The smallest absolute Gasteiger partial charge is 0.115 e. The first kappa shape index (κ1) is 8.67. The minimum Gasteiger partial charge on any atom is -0.245 e. The molecule has 0 spiro atoms. The van der Waals surface area contributed by atoms with Crippen LogP contribution in [0.25, 0.3) is 0 Å². The van der Waals surface area contributed by atoms with Crippen LogP contribution >= 0.6 is 0 Å². The Hall–Kier alpha value is -0.920. The van der Waals surface area contributed by atoms with Crippen LogP contribution in [0.15, 0.2) is 18.6 Å². The van der Waals surface area contributed by atoms with E-state index in [1.54, 1.807) is 6.33 Å². The number of hydrogen-bond acceptors (Lipinski definition) is 2. The molecule has 2 rings (SSSR count). The average Bonchev–Trinajstić information content (AvgIpc) is 2.21. The fourth-order valence-corrected chi connectivity index (χ4v) is 2.13. The van der Waals surface area contributed by atoms with E-state index in [1.165, 1.54) is 37.8 Å². The molecule has 1 aliphatic rings. The van der Waals surface area contributed by atoms with Crippen LogP contribution < -0.4 is 0 Å². The predicted octanol–water partition coefficient (Wildman–Crippen LogP) is 2.60. The first-order chi connectivity index (χ1) is 6.45. The molecule has 1 fully saturated rings. The van der Waals surface area contributed by atoms with Gasteiger partial charge < -0.3 is 0 Å². The maximum Gasteiger partial charge on any atom is 0.115 e. The van der Waals surface area contributed by atoms with E-state index >= 15 is 0 Å². The first-order valence-electron chi connectivity index (χ1n) is 5.20. The van der Waals surface area contributed by atoms with Crippen LogP contribution in [0.5, 0.6) is 0 Å². The van der Waals surface area contributed by atoms with Gasteiger partial charge in [0.05, 0.1) is 0 Å². The SMILES string of the molecule is c1cc(CC2CCCCC2)ncn1. The molecule has 2 nitrogen and oxygen atoms in total. The van der Waals surface area contributed by atoms with E-state index in [0.29, 0.717) is 0 Å². The van der Waals surface area contributed by atoms with Gasteiger partial charge in [-0.05, 0) is 18.4 Å². The molecule has 13 heavy (non-hydrogen) atoms. The number of nitrogens with zero attached hydrogens (tertiary/aromatic N) is 2. The van der Waals surface area contributed by atoms with E-state index in [9.17, 15) is 0 Å². The first-order valence-corrected chi connectivity index (χ1v) is 5.20. The van der Waals surface area contributed by atoms with Crippen molar-refractivity contribution in [3.8, 4) is 0 Å². The second kappa shape index (κ2) is 4.35. The second-order valence-electron chi connectivity index (χ2n) is 3.91. The van der Waals surface area contributed by atoms with Crippen molar-refractivity contribution in [1.29, 1.82) is 0 Å². The summed E-state index contributed by atoms with van der Waals surface area (Å²) in [6.07, 6.45) is 11.7. The maximum absolute atomic E-state index is 4.26. The lowest BCUT2D eigenvalue weighted by atomic mass is 9.86. The topological polar surface area (TPSA) is 25.8 Å². The summed E-state index contributed by atoms with van der Waals surface area (Å²) in [5.74, 6) is 0.878. The van der Waals surface area contributed by atoms with Crippen molar-refractivity contribution >= 4 is 0 Å². The van der Waals surface area contributed by atoms with Crippen molar-refractivity contribution in [1.82, 2.24) is 9.97 Å². The summed E-state index contributed by atoms with van der Waals surface area (Å²) in [5, 5.41) is 0. The Bertz CT molecular complexity index is 240. The Morgan fingerprint density at radius 1 is 1.23 bits per heavy atom. The molecule has 2 heteroatoms. The maximum atomic E-state index is 4.26. The molecule has 0 bridgehead atoms. The average molecular weight is 176 g/mol. The van der Waals surface area contributed by atoms with Crippen LogP contribution in [-0.2, 0) is 6.42 Å². The van der Waals surface area contributed by atoms with Crippen LogP contribution in [0.3, 0.4) is 0 Å². The standard InChI is InChI=1S/C11H16N2/c1-2-4-10(5-3-1)8-11-6-7-12-9-13-11/h6-7,9-10H,1-5,8H2. The van der Waals surface area contributed by atoms with Gasteiger partial charge >= 0.3 is 0 Å². The summed E-state index contributed by atoms with van der Waals surface area (Å²) in [4.78, 5) is 8.19. The van der Waals surface area contributed by atoms with E-state index in [4.69, 9.17) is 0 Å². The van der Waals surface area contributed by atoms with Crippen molar-refractivity contribution < 1.29 is 0 Å². The summed E-state index contributed by atoms with van der Waals surface area (Å²) >= 11 is 0. The second-order valence-corrected chi connectivity index (χ2v) is 3.91. The van der Waals surface area contributed by atoms with E-state index in [-0.39, 0.29) is 0 Å². The van der Waals surface area contributed by atoms with Crippen molar-refractivity contribution in [2.45, 2.75) is 38.5 Å². The van der Waals surface area contributed by atoms with Crippen LogP contribution in [0.2, 0.25) is 0 Å². The van der Waals surface area contributed by atoms with Crippen molar-refractivity contribution in [2.75, 3.05) is 0 Å². The van der Waals surface area contributed by atoms with Crippen molar-refractivity contribution in [3.63, 3.8) is 0 Å². The highest BCUT2D eigenvalue weighted by Gasteiger charge is 2.13. The minimum absolute atomic E-state index is 0.878. The molecule has 1 heterocycles. The predicted molar refractivity (Wildman–Crippen MR) is 52.3 cm³/mol. The molecule has 0 aromatic carbocycles. The normalized spacial score (nSPS) is 18.8. The Morgan fingerprint density at radius 3 is 2.77 bits per heavy atom. The molecule has 0 saturated heterocycles. The number of aromatic nitrogens is 2. The van der Waals surface area contributed by atoms with Gasteiger partial charge in [-0.2, -0.15) is 0 Å². The van der Waals surface area contributed by atoms with E-state index in [1.807, 2.05) is 12.3 Å². The van der Waals surface area contributed by atoms with Gasteiger partial charge in [0.1, 0.15) is 6.33 Å². The van der Waals surface area contributed by atoms with Crippen LogP contribution in [-0.4, -0.2) is 9.97 Å². The molecular weight excluding hydrogens is 160 g/mol. The van der Waals surface area contributed by atoms with Gasteiger partial charge in [0.15, 0.2) is 0 Å². The van der Waals surface area contributed by atoms with Gasteiger partial charge in [-0.15, -0.1) is 0 Å².